The average Bonchev–Trinajstić information content (AvgIpc) is 2.48. The molecule has 0 bridgehead atoms. The number of hydrogen-bond donors (Lipinski definition) is 1. The highest BCUT2D eigenvalue weighted by molar-refractivity contribution is 14.1. The van der Waals surface area contributed by atoms with E-state index < -0.39 is 0 Å². The first-order chi connectivity index (χ1) is 6.24. The van der Waals surface area contributed by atoms with Crippen LogP contribution in [0.15, 0.2) is 17.5 Å². The molecule has 1 N–H and O–H groups in total. The summed E-state index contributed by atoms with van der Waals surface area (Å²) in [4.78, 5) is 0. The molecule has 0 saturated carbocycles. The number of hydrogen-bond acceptors (Lipinski definition) is 2. The van der Waals surface area contributed by atoms with Gasteiger partial charge in [0, 0.05) is 24.9 Å². The topological polar surface area (TPSA) is 20.2 Å². The molecule has 0 radical (unpaired) electrons. The first kappa shape index (κ1) is 9.55. The molecule has 0 saturated heterocycles. The SMILES string of the molecule is Oc1csc2c(CCl)c(I)ccc12. The molecule has 13 heavy (non-hydrogen) atoms. The van der Waals surface area contributed by atoms with Gasteiger partial charge in [-0.15, -0.1) is 22.9 Å². The van der Waals surface area contributed by atoms with Crippen molar-refractivity contribution in [3.63, 3.8) is 0 Å². The molecule has 0 atom stereocenters. The summed E-state index contributed by atoms with van der Waals surface area (Å²) in [5.74, 6) is 0.845. The van der Waals surface area contributed by atoms with Crippen molar-refractivity contribution in [1.29, 1.82) is 0 Å². The number of alkyl halides is 1. The van der Waals surface area contributed by atoms with Gasteiger partial charge in [-0.05, 0) is 40.3 Å². The van der Waals surface area contributed by atoms with Gasteiger partial charge in [-0.25, -0.2) is 0 Å². The molecule has 0 aliphatic carbocycles. The summed E-state index contributed by atoms with van der Waals surface area (Å²) in [6, 6.07) is 3.91. The summed E-state index contributed by atoms with van der Waals surface area (Å²) >= 11 is 9.64. The standard InChI is InChI=1S/C9H6ClIOS/c10-3-6-7(11)2-1-5-8(12)4-13-9(5)6/h1-2,4,12H,3H2. The van der Waals surface area contributed by atoms with Crippen molar-refractivity contribution in [2.45, 2.75) is 5.88 Å². The maximum Gasteiger partial charge on any atom is 0.134 e. The Kier molecular flexibility index (Phi) is 2.67. The Morgan fingerprint density at radius 1 is 1.46 bits per heavy atom. The first-order valence-electron chi connectivity index (χ1n) is 3.67. The van der Waals surface area contributed by atoms with Crippen molar-refractivity contribution in [2.75, 3.05) is 0 Å². The molecule has 0 aliphatic heterocycles. The van der Waals surface area contributed by atoms with E-state index in [2.05, 4.69) is 22.6 Å². The lowest BCUT2D eigenvalue weighted by atomic mass is 10.2. The first-order valence-corrected chi connectivity index (χ1v) is 6.17. The van der Waals surface area contributed by atoms with Gasteiger partial charge in [0.1, 0.15) is 5.75 Å². The predicted octanol–water partition coefficient (Wildman–Crippen LogP) is 3.95. The molecule has 1 heterocycles. The fourth-order valence-electron chi connectivity index (χ4n) is 1.24. The lowest BCUT2D eigenvalue weighted by Gasteiger charge is -2.01. The maximum absolute atomic E-state index is 9.49. The number of halogens is 2. The number of aromatic hydroxyl groups is 1. The smallest absolute Gasteiger partial charge is 0.134 e. The lowest BCUT2D eigenvalue weighted by Crippen LogP contribution is -1.83. The van der Waals surface area contributed by atoms with Crippen LogP contribution in [-0.4, -0.2) is 5.11 Å². The highest BCUT2D eigenvalue weighted by Crippen LogP contribution is 2.36. The van der Waals surface area contributed by atoms with Crippen LogP contribution in [0.5, 0.6) is 5.75 Å². The van der Waals surface area contributed by atoms with E-state index in [1.54, 1.807) is 16.7 Å². The molecule has 0 amide bonds. The van der Waals surface area contributed by atoms with Crippen molar-refractivity contribution in [3.8, 4) is 5.75 Å². The Morgan fingerprint density at radius 2 is 2.23 bits per heavy atom. The zero-order valence-corrected chi connectivity index (χ0v) is 10.3. The molecule has 0 aliphatic rings. The summed E-state index contributed by atoms with van der Waals surface area (Å²) in [5.41, 5.74) is 1.12. The zero-order valence-electron chi connectivity index (χ0n) is 6.55. The van der Waals surface area contributed by atoms with Crippen LogP contribution in [0, 0.1) is 3.57 Å². The van der Waals surface area contributed by atoms with Crippen LogP contribution >= 0.6 is 45.5 Å². The minimum atomic E-state index is 0.350. The number of thiophene rings is 1. The summed E-state index contributed by atoms with van der Waals surface area (Å²) < 4.78 is 2.25. The molecule has 2 rings (SSSR count). The Labute approximate surface area is 98.5 Å². The Bertz CT molecular complexity index is 452. The number of rotatable bonds is 1. The molecular weight excluding hydrogens is 319 g/mol. The molecule has 1 aromatic carbocycles. The minimum absolute atomic E-state index is 0.350. The van der Waals surface area contributed by atoms with E-state index in [1.165, 1.54) is 0 Å². The molecule has 1 nitrogen and oxygen atoms in total. The number of benzene rings is 1. The van der Waals surface area contributed by atoms with Crippen molar-refractivity contribution in [1.82, 2.24) is 0 Å². The normalized spacial score (nSPS) is 10.9. The highest BCUT2D eigenvalue weighted by atomic mass is 127. The fourth-order valence-corrected chi connectivity index (χ4v) is 3.63. The third kappa shape index (κ3) is 1.53. The van der Waals surface area contributed by atoms with Gasteiger partial charge < -0.3 is 5.11 Å². The average molecular weight is 325 g/mol. The zero-order chi connectivity index (χ0) is 9.42. The third-order valence-electron chi connectivity index (χ3n) is 1.90. The van der Waals surface area contributed by atoms with E-state index >= 15 is 0 Å². The summed E-state index contributed by atoms with van der Waals surface area (Å²) in [7, 11) is 0. The van der Waals surface area contributed by atoms with Gasteiger partial charge in [-0.3, -0.25) is 0 Å². The van der Waals surface area contributed by atoms with E-state index in [1.807, 2.05) is 12.1 Å². The highest BCUT2D eigenvalue weighted by Gasteiger charge is 2.09. The molecule has 68 valence electrons. The van der Waals surface area contributed by atoms with Crippen molar-refractivity contribution in [2.24, 2.45) is 0 Å². The van der Waals surface area contributed by atoms with Gasteiger partial charge in [-0.2, -0.15) is 0 Å². The van der Waals surface area contributed by atoms with E-state index in [4.69, 9.17) is 11.6 Å². The van der Waals surface area contributed by atoms with E-state index in [9.17, 15) is 5.11 Å². The molecule has 0 unspecified atom stereocenters. The van der Waals surface area contributed by atoms with Crippen LogP contribution in [0.2, 0.25) is 0 Å². The van der Waals surface area contributed by atoms with Crippen LogP contribution in [-0.2, 0) is 5.88 Å². The van der Waals surface area contributed by atoms with Crippen LogP contribution in [0.4, 0.5) is 0 Å². The minimum Gasteiger partial charge on any atom is -0.506 e. The van der Waals surface area contributed by atoms with Gasteiger partial charge in [-0.1, -0.05) is 0 Å². The second-order valence-electron chi connectivity index (χ2n) is 2.66. The molecule has 1 aromatic heterocycles. The molecule has 0 spiro atoms. The Hall–Kier alpha value is -0.0000000000000000555. The summed E-state index contributed by atoms with van der Waals surface area (Å²) in [6.07, 6.45) is 0. The van der Waals surface area contributed by atoms with E-state index in [0.717, 1.165) is 19.2 Å². The maximum atomic E-state index is 9.49. The molecule has 2 aromatic rings. The number of fused-ring (bicyclic) bond motifs is 1. The quantitative estimate of drug-likeness (QED) is 0.622. The van der Waals surface area contributed by atoms with Crippen molar-refractivity contribution in [3.05, 3.63) is 26.6 Å². The second-order valence-corrected chi connectivity index (χ2v) is 4.97. The van der Waals surface area contributed by atoms with Crippen molar-refractivity contribution < 1.29 is 5.11 Å². The van der Waals surface area contributed by atoms with Gasteiger partial charge in [0.25, 0.3) is 0 Å². The molecule has 0 fully saturated rings. The monoisotopic (exact) mass is 324 g/mol. The van der Waals surface area contributed by atoms with E-state index in [0.29, 0.717) is 11.6 Å². The van der Waals surface area contributed by atoms with Crippen LogP contribution < -0.4 is 0 Å². The van der Waals surface area contributed by atoms with Gasteiger partial charge in [0.15, 0.2) is 0 Å². The van der Waals surface area contributed by atoms with E-state index in [-0.39, 0.29) is 0 Å². The second kappa shape index (κ2) is 3.63. The summed E-state index contributed by atoms with van der Waals surface area (Å²) in [6.45, 7) is 0. The van der Waals surface area contributed by atoms with Gasteiger partial charge in [0.2, 0.25) is 0 Å². The lowest BCUT2D eigenvalue weighted by molar-refractivity contribution is 0.483. The Balaban J connectivity index is 2.85. The largest absolute Gasteiger partial charge is 0.506 e. The molecular formula is C9H6ClIOS. The predicted molar refractivity (Wildman–Crippen MR) is 65.8 cm³/mol. The van der Waals surface area contributed by atoms with Crippen LogP contribution in [0.25, 0.3) is 10.1 Å². The van der Waals surface area contributed by atoms with Crippen LogP contribution in [0.3, 0.4) is 0 Å². The van der Waals surface area contributed by atoms with Crippen molar-refractivity contribution >= 4 is 55.6 Å². The van der Waals surface area contributed by atoms with Crippen LogP contribution in [0.1, 0.15) is 5.56 Å². The van der Waals surface area contributed by atoms with Gasteiger partial charge >= 0.3 is 0 Å². The van der Waals surface area contributed by atoms with Gasteiger partial charge in [0.05, 0.1) is 0 Å². The fraction of sp³-hybridized carbons (Fsp3) is 0.111. The molecule has 4 heteroatoms. The Morgan fingerprint density at radius 3 is 2.92 bits per heavy atom. The summed E-state index contributed by atoms with van der Waals surface area (Å²) in [5, 5.41) is 12.1. The third-order valence-corrected chi connectivity index (χ3v) is 4.22.